The lowest BCUT2D eigenvalue weighted by Gasteiger charge is -2.04. The van der Waals surface area contributed by atoms with Crippen LogP contribution in [0.25, 0.3) is 0 Å². The summed E-state index contributed by atoms with van der Waals surface area (Å²) in [5, 5.41) is 0. The molecule has 0 fully saturated rings. The number of Topliss-reactive ketones (excluding diaryl/α,β-unsaturated/α-hetero) is 1. The Morgan fingerprint density at radius 3 is 3.07 bits per heavy atom. The number of pyridine rings is 1. The predicted octanol–water partition coefficient (Wildman–Crippen LogP) is 1.88. The van der Waals surface area contributed by atoms with E-state index in [-0.39, 0.29) is 5.78 Å². The maximum Gasteiger partial charge on any atom is 0.245 e. The van der Waals surface area contributed by atoms with Crippen molar-refractivity contribution >= 4 is 5.78 Å². The highest BCUT2D eigenvalue weighted by atomic mass is 16.5. The van der Waals surface area contributed by atoms with Gasteiger partial charge in [-0.25, -0.2) is 0 Å². The van der Waals surface area contributed by atoms with E-state index in [2.05, 4.69) is 4.98 Å². The first-order valence-electron chi connectivity index (χ1n) is 4.58. The number of aryl methyl sites for hydroxylation is 1. The molecule has 2 rings (SSSR count). The lowest BCUT2D eigenvalue weighted by molar-refractivity contribution is 0.0937. The van der Waals surface area contributed by atoms with E-state index in [0.29, 0.717) is 18.1 Å². The van der Waals surface area contributed by atoms with Crippen LogP contribution in [0.15, 0.2) is 30.2 Å². The molecule has 1 aliphatic heterocycles. The van der Waals surface area contributed by atoms with Crippen molar-refractivity contribution < 1.29 is 9.53 Å². The molecular formula is C11H11NO2. The molecule has 1 aromatic rings. The lowest BCUT2D eigenvalue weighted by atomic mass is 10.1. The molecule has 2 heterocycles. The van der Waals surface area contributed by atoms with Crippen molar-refractivity contribution in [1.82, 2.24) is 4.98 Å². The molecule has 0 radical (unpaired) electrons. The van der Waals surface area contributed by atoms with Gasteiger partial charge in [-0.2, -0.15) is 0 Å². The molecule has 0 amide bonds. The number of ether oxygens (including phenoxy) is 1. The molecular weight excluding hydrogens is 178 g/mol. The molecule has 0 aromatic carbocycles. The Balaban J connectivity index is 2.31. The fourth-order valence-corrected chi connectivity index (χ4v) is 1.42. The quantitative estimate of drug-likeness (QED) is 0.667. The van der Waals surface area contributed by atoms with Crippen molar-refractivity contribution in [2.75, 3.05) is 6.61 Å². The number of ketones is 1. The van der Waals surface area contributed by atoms with Gasteiger partial charge < -0.3 is 4.74 Å². The molecule has 1 aliphatic rings. The molecule has 0 saturated heterocycles. The van der Waals surface area contributed by atoms with Gasteiger partial charge in [-0.05, 0) is 24.6 Å². The van der Waals surface area contributed by atoms with Gasteiger partial charge >= 0.3 is 0 Å². The lowest BCUT2D eigenvalue weighted by Crippen LogP contribution is -2.08. The predicted molar refractivity (Wildman–Crippen MR) is 52.0 cm³/mol. The largest absolute Gasteiger partial charge is 0.489 e. The summed E-state index contributed by atoms with van der Waals surface area (Å²) in [4.78, 5) is 15.9. The number of hydrogen-bond donors (Lipinski definition) is 0. The van der Waals surface area contributed by atoms with Crippen molar-refractivity contribution in [3.8, 4) is 0 Å². The van der Waals surface area contributed by atoms with E-state index in [1.54, 1.807) is 6.20 Å². The number of allylic oxidation sites excluding steroid dienone is 1. The van der Waals surface area contributed by atoms with Crippen LogP contribution in [0, 0.1) is 6.92 Å². The van der Waals surface area contributed by atoms with Crippen LogP contribution in [0.1, 0.15) is 22.5 Å². The van der Waals surface area contributed by atoms with E-state index in [4.69, 9.17) is 4.74 Å². The van der Waals surface area contributed by atoms with Crippen LogP contribution in [0.4, 0.5) is 0 Å². The number of carbonyl (C=O) groups excluding carboxylic acids is 1. The summed E-state index contributed by atoms with van der Waals surface area (Å²) >= 11 is 0. The minimum absolute atomic E-state index is 0.111. The second-order valence-electron chi connectivity index (χ2n) is 3.20. The van der Waals surface area contributed by atoms with Crippen molar-refractivity contribution in [3.05, 3.63) is 41.4 Å². The van der Waals surface area contributed by atoms with Crippen LogP contribution in [0.2, 0.25) is 0 Å². The summed E-state index contributed by atoms with van der Waals surface area (Å²) in [7, 11) is 0. The van der Waals surface area contributed by atoms with Crippen LogP contribution in [0.3, 0.4) is 0 Å². The monoisotopic (exact) mass is 189 g/mol. The van der Waals surface area contributed by atoms with E-state index < -0.39 is 0 Å². The molecule has 0 N–H and O–H groups in total. The van der Waals surface area contributed by atoms with Crippen LogP contribution < -0.4 is 0 Å². The Morgan fingerprint density at radius 1 is 1.57 bits per heavy atom. The summed E-state index contributed by atoms with van der Waals surface area (Å²) in [5.74, 6) is 0.326. The molecule has 3 nitrogen and oxygen atoms in total. The normalized spacial score (nSPS) is 14.8. The second kappa shape index (κ2) is 3.62. The van der Waals surface area contributed by atoms with Crippen molar-refractivity contribution in [1.29, 1.82) is 0 Å². The third-order valence-electron chi connectivity index (χ3n) is 2.15. The average Bonchev–Trinajstić information content (AvgIpc) is 2.70. The first kappa shape index (κ1) is 8.94. The second-order valence-corrected chi connectivity index (χ2v) is 3.20. The standard InChI is InChI=1S/C11H11NO2/c1-8-4-2-6-12-10(8)11(13)9-5-3-7-14-9/h2,4-6H,3,7H2,1H3. The minimum Gasteiger partial charge on any atom is -0.489 e. The van der Waals surface area contributed by atoms with Gasteiger partial charge in [-0.3, -0.25) is 9.78 Å². The Hall–Kier alpha value is -1.64. The fraction of sp³-hybridized carbons (Fsp3) is 0.273. The molecule has 3 heteroatoms. The molecule has 0 atom stereocenters. The molecule has 0 unspecified atom stereocenters. The number of aromatic nitrogens is 1. The molecule has 14 heavy (non-hydrogen) atoms. The topological polar surface area (TPSA) is 39.2 Å². The SMILES string of the molecule is Cc1cccnc1C(=O)C1=CCCO1. The van der Waals surface area contributed by atoms with E-state index in [0.717, 1.165) is 12.0 Å². The van der Waals surface area contributed by atoms with Gasteiger partial charge in [0.05, 0.1) is 6.61 Å². The number of nitrogens with zero attached hydrogens (tertiary/aromatic N) is 1. The minimum atomic E-state index is -0.111. The Morgan fingerprint density at radius 2 is 2.43 bits per heavy atom. The highest BCUT2D eigenvalue weighted by Crippen LogP contribution is 2.16. The van der Waals surface area contributed by atoms with E-state index in [1.165, 1.54) is 0 Å². The van der Waals surface area contributed by atoms with Gasteiger partial charge in [-0.15, -0.1) is 0 Å². The highest BCUT2D eigenvalue weighted by Gasteiger charge is 2.19. The first-order valence-corrected chi connectivity index (χ1v) is 4.58. The zero-order valence-corrected chi connectivity index (χ0v) is 7.99. The summed E-state index contributed by atoms with van der Waals surface area (Å²) in [6.45, 7) is 2.47. The zero-order chi connectivity index (χ0) is 9.97. The summed E-state index contributed by atoms with van der Waals surface area (Å²) < 4.78 is 5.20. The van der Waals surface area contributed by atoms with Gasteiger partial charge in [0, 0.05) is 12.6 Å². The number of rotatable bonds is 2. The maximum absolute atomic E-state index is 11.8. The number of carbonyl (C=O) groups is 1. The van der Waals surface area contributed by atoms with E-state index >= 15 is 0 Å². The van der Waals surface area contributed by atoms with Crippen LogP contribution >= 0.6 is 0 Å². The maximum atomic E-state index is 11.8. The van der Waals surface area contributed by atoms with Gasteiger partial charge in [0.2, 0.25) is 5.78 Å². The smallest absolute Gasteiger partial charge is 0.245 e. The molecule has 0 saturated carbocycles. The molecule has 72 valence electrons. The van der Waals surface area contributed by atoms with E-state index in [9.17, 15) is 4.79 Å². The van der Waals surface area contributed by atoms with Gasteiger partial charge in [-0.1, -0.05) is 6.07 Å². The third-order valence-corrected chi connectivity index (χ3v) is 2.15. The Bertz CT molecular complexity index is 396. The highest BCUT2D eigenvalue weighted by molar-refractivity contribution is 6.06. The molecule has 1 aromatic heterocycles. The summed E-state index contributed by atoms with van der Waals surface area (Å²) in [6, 6.07) is 3.69. The van der Waals surface area contributed by atoms with Gasteiger partial charge in [0.1, 0.15) is 5.69 Å². The third kappa shape index (κ3) is 1.53. The molecule has 0 spiro atoms. The van der Waals surface area contributed by atoms with Gasteiger partial charge in [0.25, 0.3) is 0 Å². The van der Waals surface area contributed by atoms with Gasteiger partial charge in [0.15, 0.2) is 5.76 Å². The van der Waals surface area contributed by atoms with Crippen molar-refractivity contribution in [3.63, 3.8) is 0 Å². The summed E-state index contributed by atoms with van der Waals surface area (Å²) in [6.07, 6.45) is 4.25. The fourth-order valence-electron chi connectivity index (χ4n) is 1.42. The number of hydrogen-bond acceptors (Lipinski definition) is 3. The van der Waals surface area contributed by atoms with Crippen molar-refractivity contribution in [2.45, 2.75) is 13.3 Å². The Kier molecular flexibility index (Phi) is 2.31. The van der Waals surface area contributed by atoms with E-state index in [1.807, 2.05) is 25.1 Å². The van der Waals surface area contributed by atoms with Crippen LogP contribution in [-0.4, -0.2) is 17.4 Å². The average molecular weight is 189 g/mol. The van der Waals surface area contributed by atoms with Crippen LogP contribution in [-0.2, 0) is 4.74 Å². The zero-order valence-electron chi connectivity index (χ0n) is 7.99. The Labute approximate surface area is 82.4 Å². The molecule has 0 aliphatic carbocycles. The first-order chi connectivity index (χ1) is 6.79. The molecule has 0 bridgehead atoms. The van der Waals surface area contributed by atoms with Crippen molar-refractivity contribution in [2.24, 2.45) is 0 Å². The summed E-state index contributed by atoms with van der Waals surface area (Å²) in [5.41, 5.74) is 1.37. The van der Waals surface area contributed by atoms with Crippen LogP contribution in [0.5, 0.6) is 0 Å².